The number of aliphatic imine (C=N–C) groups is 1. The van der Waals surface area contributed by atoms with E-state index in [1.165, 1.54) is 0 Å². The summed E-state index contributed by atoms with van der Waals surface area (Å²) in [5, 5.41) is 0. The molecule has 0 unspecified atom stereocenters. The lowest BCUT2D eigenvalue weighted by atomic mass is 10.1. The lowest BCUT2D eigenvalue weighted by Crippen LogP contribution is -2.14. The molecule has 19 heavy (non-hydrogen) atoms. The SMILES string of the molecule is Cl.NC(=NCc1ccccc1)c1ccc(N)c(N)c1. The second-order valence-electron chi connectivity index (χ2n) is 4.03. The summed E-state index contributed by atoms with van der Waals surface area (Å²) in [7, 11) is 0. The van der Waals surface area contributed by atoms with Crippen molar-refractivity contribution in [1.82, 2.24) is 0 Å². The van der Waals surface area contributed by atoms with Crippen LogP contribution >= 0.6 is 12.4 Å². The van der Waals surface area contributed by atoms with E-state index in [-0.39, 0.29) is 12.4 Å². The van der Waals surface area contributed by atoms with Crippen LogP contribution in [-0.2, 0) is 6.54 Å². The maximum atomic E-state index is 5.92. The molecule has 0 saturated carbocycles. The first-order valence-corrected chi connectivity index (χ1v) is 5.66. The van der Waals surface area contributed by atoms with Gasteiger partial charge in [0.25, 0.3) is 0 Å². The molecule has 2 rings (SSSR count). The van der Waals surface area contributed by atoms with Crippen LogP contribution in [0.1, 0.15) is 11.1 Å². The van der Waals surface area contributed by atoms with Crippen molar-refractivity contribution in [1.29, 1.82) is 0 Å². The average molecular weight is 277 g/mol. The third-order valence-corrected chi connectivity index (χ3v) is 2.66. The van der Waals surface area contributed by atoms with Gasteiger partial charge < -0.3 is 17.2 Å². The second kappa shape index (κ2) is 6.66. The number of hydrogen-bond donors (Lipinski definition) is 3. The molecule has 0 spiro atoms. The number of rotatable bonds is 3. The van der Waals surface area contributed by atoms with E-state index >= 15 is 0 Å². The summed E-state index contributed by atoms with van der Waals surface area (Å²) < 4.78 is 0. The normalized spacial score (nSPS) is 10.8. The first-order chi connectivity index (χ1) is 8.66. The van der Waals surface area contributed by atoms with Gasteiger partial charge in [-0.25, -0.2) is 0 Å². The van der Waals surface area contributed by atoms with Gasteiger partial charge in [0, 0.05) is 5.56 Å². The molecule has 0 aliphatic carbocycles. The van der Waals surface area contributed by atoms with Crippen LogP contribution in [0.5, 0.6) is 0 Å². The molecule has 0 heterocycles. The van der Waals surface area contributed by atoms with Gasteiger partial charge in [-0.2, -0.15) is 0 Å². The molecule has 0 fully saturated rings. The average Bonchev–Trinajstić information content (AvgIpc) is 2.40. The van der Waals surface area contributed by atoms with Crippen molar-refractivity contribution in [2.45, 2.75) is 6.54 Å². The molecule has 0 atom stereocenters. The number of nitrogen functional groups attached to an aromatic ring is 2. The van der Waals surface area contributed by atoms with Gasteiger partial charge in [0.1, 0.15) is 5.84 Å². The van der Waals surface area contributed by atoms with E-state index in [1.54, 1.807) is 12.1 Å². The Kier molecular flexibility index (Phi) is 5.21. The zero-order valence-corrected chi connectivity index (χ0v) is 11.2. The Morgan fingerprint density at radius 3 is 2.26 bits per heavy atom. The Balaban J connectivity index is 0.00000180. The molecule has 0 saturated heterocycles. The number of hydrogen-bond acceptors (Lipinski definition) is 3. The summed E-state index contributed by atoms with van der Waals surface area (Å²) in [6.07, 6.45) is 0. The molecule has 0 bridgehead atoms. The maximum absolute atomic E-state index is 5.92. The molecule has 5 heteroatoms. The van der Waals surface area contributed by atoms with Crippen molar-refractivity contribution in [3.05, 3.63) is 59.7 Å². The predicted molar refractivity (Wildman–Crippen MR) is 83.4 cm³/mol. The fraction of sp³-hybridized carbons (Fsp3) is 0.0714. The highest BCUT2D eigenvalue weighted by Gasteiger charge is 2.01. The first kappa shape index (κ1) is 14.9. The van der Waals surface area contributed by atoms with Crippen LogP contribution < -0.4 is 17.2 Å². The standard InChI is InChI=1S/C14H16N4.ClH/c15-12-7-6-11(8-13(12)16)14(17)18-9-10-4-2-1-3-5-10;/h1-8H,9,15-16H2,(H2,17,18);1H. The number of anilines is 2. The van der Waals surface area contributed by atoms with E-state index in [2.05, 4.69) is 4.99 Å². The van der Waals surface area contributed by atoms with Gasteiger partial charge in [-0.3, -0.25) is 4.99 Å². The highest BCUT2D eigenvalue weighted by Crippen LogP contribution is 2.15. The van der Waals surface area contributed by atoms with Crippen LogP contribution in [0.4, 0.5) is 11.4 Å². The smallest absolute Gasteiger partial charge is 0.126 e. The number of halogens is 1. The van der Waals surface area contributed by atoms with Crippen LogP contribution in [0.25, 0.3) is 0 Å². The Bertz CT molecular complexity index is 567. The van der Waals surface area contributed by atoms with Gasteiger partial charge in [-0.1, -0.05) is 30.3 Å². The summed E-state index contributed by atoms with van der Waals surface area (Å²) in [4.78, 5) is 4.33. The minimum atomic E-state index is 0. The van der Waals surface area contributed by atoms with Crippen molar-refractivity contribution in [3.8, 4) is 0 Å². The monoisotopic (exact) mass is 276 g/mol. The Morgan fingerprint density at radius 1 is 0.947 bits per heavy atom. The van der Waals surface area contributed by atoms with Crippen molar-refractivity contribution >= 4 is 29.6 Å². The third kappa shape index (κ3) is 3.89. The lowest BCUT2D eigenvalue weighted by Gasteiger charge is -2.05. The van der Waals surface area contributed by atoms with E-state index in [0.29, 0.717) is 23.8 Å². The van der Waals surface area contributed by atoms with Gasteiger partial charge in [0.2, 0.25) is 0 Å². The van der Waals surface area contributed by atoms with Crippen molar-refractivity contribution in [2.24, 2.45) is 10.7 Å². The summed E-state index contributed by atoms with van der Waals surface area (Å²) in [6, 6.07) is 15.2. The topological polar surface area (TPSA) is 90.4 Å². The summed E-state index contributed by atoms with van der Waals surface area (Å²) >= 11 is 0. The molecule has 4 nitrogen and oxygen atoms in total. The van der Waals surface area contributed by atoms with Crippen molar-refractivity contribution in [2.75, 3.05) is 11.5 Å². The molecular formula is C14H17ClN4. The van der Waals surface area contributed by atoms with Crippen LogP contribution in [0.2, 0.25) is 0 Å². The predicted octanol–water partition coefficient (Wildman–Crippen LogP) is 2.18. The Morgan fingerprint density at radius 2 is 1.63 bits per heavy atom. The largest absolute Gasteiger partial charge is 0.397 e. The first-order valence-electron chi connectivity index (χ1n) is 5.66. The molecular weight excluding hydrogens is 260 g/mol. The molecule has 0 amide bonds. The van der Waals surface area contributed by atoms with E-state index < -0.39 is 0 Å². The summed E-state index contributed by atoms with van der Waals surface area (Å²) in [6.45, 7) is 0.553. The van der Waals surface area contributed by atoms with E-state index in [9.17, 15) is 0 Å². The zero-order valence-electron chi connectivity index (χ0n) is 10.4. The van der Waals surface area contributed by atoms with E-state index in [0.717, 1.165) is 11.1 Å². The van der Waals surface area contributed by atoms with Crippen molar-refractivity contribution in [3.63, 3.8) is 0 Å². The third-order valence-electron chi connectivity index (χ3n) is 2.66. The lowest BCUT2D eigenvalue weighted by molar-refractivity contribution is 1.06. The number of nitrogens with two attached hydrogens (primary N) is 3. The highest BCUT2D eigenvalue weighted by molar-refractivity contribution is 5.98. The minimum absolute atomic E-state index is 0. The molecule has 0 aromatic heterocycles. The quantitative estimate of drug-likeness (QED) is 0.456. The fourth-order valence-electron chi connectivity index (χ4n) is 1.59. The zero-order chi connectivity index (χ0) is 13.0. The second-order valence-corrected chi connectivity index (χ2v) is 4.03. The van der Waals surface area contributed by atoms with E-state index in [1.807, 2.05) is 36.4 Å². The fourth-order valence-corrected chi connectivity index (χ4v) is 1.59. The van der Waals surface area contributed by atoms with Crippen LogP contribution in [-0.4, -0.2) is 5.84 Å². The van der Waals surface area contributed by atoms with Gasteiger partial charge in [0.15, 0.2) is 0 Å². The molecule has 0 aliphatic heterocycles. The number of benzene rings is 2. The van der Waals surface area contributed by atoms with Gasteiger partial charge in [-0.15, -0.1) is 12.4 Å². The van der Waals surface area contributed by atoms with Gasteiger partial charge >= 0.3 is 0 Å². The van der Waals surface area contributed by atoms with Gasteiger partial charge in [-0.05, 0) is 23.8 Å². The molecule has 0 radical (unpaired) electrons. The number of nitrogens with zero attached hydrogens (tertiary/aromatic N) is 1. The van der Waals surface area contributed by atoms with Crippen molar-refractivity contribution < 1.29 is 0 Å². The highest BCUT2D eigenvalue weighted by atomic mass is 35.5. The van der Waals surface area contributed by atoms with Crippen LogP contribution in [0, 0.1) is 0 Å². The molecule has 2 aromatic rings. The maximum Gasteiger partial charge on any atom is 0.126 e. The molecule has 6 N–H and O–H groups in total. The molecule has 100 valence electrons. The van der Waals surface area contributed by atoms with Gasteiger partial charge in [0.05, 0.1) is 17.9 Å². The minimum Gasteiger partial charge on any atom is -0.397 e. The Hall–Kier alpha value is -2.20. The van der Waals surface area contributed by atoms with Crippen LogP contribution in [0.3, 0.4) is 0 Å². The number of amidine groups is 1. The molecule has 0 aliphatic rings. The van der Waals surface area contributed by atoms with E-state index in [4.69, 9.17) is 17.2 Å². The summed E-state index contributed by atoms with van der Waals surface area (Å²) in [5.74, 6) is 0.463. The molecule has 2 aromatic carbocycles. The Labute approximate surface area is 118 Å². The van der Waals surface area contributed by atoms with Crippen LogP contribution in [0.15, 0.2) is 53.5 Å². The summed E-state index contributed by atoms with van der Waals surface area (Å²) in [5.41, 5.74) is 20.3.